The van der Waals surface area contributed by atoms with Crippen LogP contribution in [0.25, 0.3) is 0 Å². The standard InChI is InChI=1S/C18H22Cl2N2O/c1-21-9-4-10-22-12-15-11-16(19)7-8-18(15)23-13-14-5-2-3-6-17(14)20/h2-3,5-8,11,21-22H,4,9-10,12-13H2,1H3. The molecular formula is C18H22Cl2N2O. The van der Waals surface area contributed by atoms with E-state index in [1.807, 2.05) is 49.5 Å². The zero-order valence-corrected chi connectivity index (χ0v) is 14.8. The van der Waals surface area contributed by atoms with Crippen molar-refractivity contribution in [1.82, 2.24) is 10.6 Å². The summed E-state index contributed by atoms with van der Waals surface area (Å²) in [6.07, 6.45) is 1.08. The first-order valence-corrected chi connectivity index (χ1v) is 8.46. The summed E-state index contributed by atoms with van der Waals surface area (Å²) in [7, 11) is 1.96. The highest BCUT2D eigenvalue weighted by atomic mass is 35.5. The van der Waals surface area contributed by atoms with E-state index in [-0.39, 0.29) is 0 Å². The zero-order chi connectivity index (χ0) is 16.5. The van der Waals surface area contributed by atoms with E-state index in [2.05, 4.69) is 10.6 Å². The Morgan fingerprint density at radius 1 is 1.00 bits per heavy atom. The Morgan fingerprint density at radius 2 is 1.83 bits per heavy atom. The number of rotatable bonds is 9. The molecule has 0 unspecified atom stereocenters. The highest BCUT2D eigenvalue weighted by Crippen LogP contribution is 2.25. The number of nitrogens with one attached hydrogen (secondary N) is 2. The van der Waals surface area contributed by atoms with Crippen molar-refractivity contribution >= 4 is 23.2 Å². The minimum Gasteiger partial charge on any atom is -0.489 e. The lowest BCUT2D eigenvalue weighted by molar-refractivity contribution is 0.302. The molecule has 2 aromatic carbocycles. The van der Waals surface area contributed by atoms with Crippen LogP contribution in [0.2, 0.25) is 10.0 Å². The van der Waals surface area contributed by atoms with Crippen LogP contribution in [0.15, 0.2) is 42.5 Å². The maximum absolute atomic E-state index is 6.17. The molecule has 0 aliphatic heterocycles. The van der Waals surface area contributed by atoms with Crippen LogP contribution >= 0.6 is 23.2 Å². The van der Waals surface area contributed by atoms with E-state index >= 15 is 0 Å². The maximum Gasteiger partial charge on any atom is 0.124 e. The van der Waals surface area contributed by atoms with Crippen molar-refractivity contribution in [2.75, 3.05) is 20.1 Å². The Kier molecular flexibility index (Phi) is 7.69. The Balaban J connectivity index is 1.96. The van der Waals surface area contributed by atoms with Crippen LogP contribution in [0, 0.1) is 0 Å². The van der Waals surface area contributed by atoms with E-state index in [1.54, 1.807) is 0 Å². The van der Waals surface area contributed by atoms with Crippen molar-refractivity contribution in [3.05, 3.63) is 63.6 Å². The van der Waals surface area contributed by atoms with Gasteiger partial charge in [-0.05, 0) is 50.8 Å². The van der Waals surface area contributed by atoms with E-state index in [1.165, 1.54) is 0 Å². The van der Waals surface area contributed by atoms with Crippen LogP contribution in [0.4, 0.5) is 0 Å². The summed E-state index contributed by atoms with van der Waals surface area (Å²) in [6, 6.07) is 13.4. The molecule has 0 spiro atoms. The summed E-state index contributed by atoms with van der Waals surface area (Å²) in [5.41, 5.74) is 2.02. The Hall–Kier alpha value is -1.26. The molecule has 3 nitrogen and oxygen atoms in total. The monoisotopic (exact) mass is 352 g/mol. The lowest BCUT2D eigenvalue weighted by Gasteiger charge is -2.13. The molecule has 0 heterocycles. The molecule has 0 fully saturated rings. The minimum atomic E-state index is 0.439. The Bertz CT molecular complexity index is 620. The molecule has 0 saturated heterocycles. The van der Waals surface area contributed by atoms with Crippen molar-refractivity contribution in [2.45, 2.75) is 19.6 Å². The molecule has 2 N–H and O–H groups in total. The molecule has 0 aliphatic rings. The second-order valence-electron chi connectivity index (χ2n) is 5.27. The van der Waals surface area contributed by atoms with Gasteiger partial charge >= 0.3 is 0 Å². The van der Waals surface area contributed by atoms with Gasteiger partial charge in [0, 0.05) is 27.7 Å². The van der Waals surface area contributed by atoms with E-state index in [9.17, 15) is 0 Å². The molecule has 0 aromatic heterocycles. The summed E-state index contributed by atoms with van der Waals surface area (Å²) in [6.45, 7) is 3.10. The first-order valence-electron chi connectivity index (χ1n) is 7.70. The molecule has 2 aromatic rings. The van der Waals surface area contributed by atoms with Gasteiger partial charge in [-0.25, -0.2) is 0 Å². The largest absolute Gasteiger partial charge is 0.489 e. The van der Waals surface area contributed by atoms with Crippen molar-refractivity contribution in [1.29, 1.82) is 0 Å². The average Bonchev–Trinajstić information content (AvgIpc) is 2.55. The van der Waals surface area contributed by atoms with Crippen molar-refractivity contribution < 1.29 is 4.74 Å². The zero-order valence-electron chi connectivity index (χ0n) is 13.2. The molecule has 0 aliphatic carbocycles. The van der Waals surface area contributed by atoms with Gasteiger partial charge in [-0.2, -0.15) is 0 Å². The number of hydrogen-bond donors (Lipinski definition) is 2. The molecule has 124 valence electrons. The normalized spacial score (nSPS) is 10.7. The number of benzene rings is 2. The van der Waals surface area contributed by atoms with Crippen LogP contribution in [-0.2, 0) is 13.2 Å². The van der Waals surface area contributed by atoms with Gasteiger partial charge < -0.3 is 15.4 Å². The van der Waals surface area contributed by atoms with Gasteiger partial charge in [-0.15, -0.1) is 0 Å². The molecule has 0 amide bonds. The van der Waals surface area contributed by atoms with Crippen LogP contribution in [0.3, 0.4) is 0 Å². The fourth-order valence-corrected chi connectivity index (χ4v) is 2.60. The quantitative estimate of drug-likeness (QED) is 0.661. The van der Waals surface area contributed by atoms with Gasteiger partial charge in [0.15, 0.2) is 0 Å². The van der Waals surface area contributed by atoms with Gasteiger partial charge in [0.05, 0.1) is 0 Å². The highest BCUT2D eigenvalue weighted by molar-refractivity contribution is 6.31. The molecule has 0 saturated carbocycles. The number of hydrogen-bond acceptors (Lipinski definition) is 3. The lowest BCUT2D eigenvalue weighted by atomic mass is 10.2. The van der Waals surface area contributed by atoms with Crippen LogP contribution in [0.1, 0.15) is 17.5 Å². The van der Waals surface area contributed by atoms with E-state index in [0.717, 1.165) is 42.9 Å². The summed E-state index contributed by atoms with van der Waals surface area (Å²) < 4.78 is 5.94. The molecule has 2 rings (SSSR count). The molecule has 23 heavy (non-hydrogen) atoms. The Labute approximate surface area is 147 Å². The third kappa shape index (κ3) is 6.04. The van der Waals surface area contributed by atoms with Crippen molar-refractivity contribution in [2.24, 2.45) is 0 Å². The highest BCUT2D eigenvalue weighted by Gasteiger charge is 2.06. The third-order valence-corrected chi connectivity index (χ3v) is 4.06. The molecule has 5 heteroatoms. The number of ether oxygens (including phenoxy) is 1. The first kappa shape index (κ1) is 18.1. The van der Waals surface area contributed by atoms with Crippen molar-refractivity contribution in [3.63, 3.8) is 0 Å². The molecule has 0 atom stereocenters. The predicted molar refractivity (Wildman–Crippen MR) is 97.5 cm³/mol. The number of halogens is 2. The van der Waals surface area contributed by atoms with Crippen LogP contribution in [-0.4, -0.2) is 20.1 Å². The van der Waals surface area contributed by atoms with Gasteiger partial charge in [0.1, 0.15) is 12.4 Å². The maximum atomic E-state index is 6.17. The SMILES string of the molecule is CNCCCNCc1cc(Cl)ccc1OCc1ccccc1Cl. The summed E-state index contributed by atoms with van der Waals surface area (Å²) in [4.78, 5) is 0. The van der Waals surface area contributed by atoms with Gasteiger partial charge in [0.25, 0.3) is 0 Å². The average molecular weight is 353 g/mol. The van der Waals surface area contributed by atoms with E-state index < -0.39 is 0 Å². The van der Waals surface area contributed by atoms with Gasteiger partial charge in [-0.3, -0.25) is 0 Å². The fourth-order valence-electron chi connectivity index (χ4n) is 2.21. The Morgan fingerprint density at radius 3 is 2.61 bits per heavy atom. The van der Waals surface area contributed by atoms with Gasteiger partial charge in [-0.1, -0.05) is 41.4 Å². The second-order valence-corrected chi connectivity index (χ2v) is 6.11. The van der Waals surface area contributed by atoms with Crippen molar-refractivity contribution in [3.8, 4) is 5.75 Å². The van der Waals surface area contributed by atoms with Crippen LogP contribution < -0.4 is 15.4 Å². The molecule has 0 radical (unpaired) electrons. The summed E-state index contributed by atoms with van der Waals surface area (Å²) in [5.74, 6) is 0.829. The summed E-state index contributed by atoms with van der Waals surface area (Å²) in [5, 5.41) is 7.97. The minimum absolute atomic E-state index is 0.439. The predicted octanol–water partition coefficient (Wildman–Crippen LogP) is 4.27. The van der Waals surface area contributed by atoms with Crippen LogP contribution in [0.5, 0.6) is 5.75 Å². The van der Waals surface area contributed by atoms with E-state index in [4.69, 9.17) is 27.9 Å². The molecular weight excluding hydrogens is 331 g/mol. The second kappa shape index (κ2) is 9.78. The fraction of sp³-hybridized carbons (Fsp3) is 0.333. The molecule has 0 bridgehead atoms. The topological polar surface area (TPSA) is 33.3 Å². The van der Waals surface area contributed by atoms with Gasteiger partial charge in [0.2, 0.25) is 0 Å². The smallest absolute Gasteiger partial charge is 0.124 e. The first-order chi connectivity index (χ1) is 11.2. The third-order valence-electron chi connectivity index (χ3n) is 3.46. The van der Waals surface area contributed by atoms with E-state index in [0.29, 0.717) is 16.7 Å². The lowest BCUT2D eigenvalue weighted by Crippen LogP contribution is -2.19. The summed E-state index contributed by atoms with van der Waals surface area (Å²) >= 11 is 12.3.